The number of nitrogens with one attached hydrogen (secondary N) is 1. The summed E-state index contributed by atoms with van der Waals surface area (Å²) in [5.41, 5.74) is 0.496. The fourth-order valence-electron chi connectivity index (χ4n) is 2.97. The van der Waals surface area contributed by atoms with Crippen molar-refractivity contribution in [3.05, 3.63) is 35.4 Å². The number of thioether (sulfide) groups is 1. The summed E-state index contributed by atoms with van der Waals surface area (Å²) in [6, 6.07) is 2.90. The lowest BCUT2D eigenvalue weighted by Crippen LogP contribution is -2.50. The third-order valence-corrected chi connectivity index (χ3v) is 5.57. The molecule has 0 spiro atoms. The highest BCUT2D eigenvalue weighted by Crippen LogP contribution is 2.32. The van der Waals surface area contributed by atoms with Crippen molar-refractivity contribution in [3.63, 3.8) is 0 Å². The predicted octanol–water partition coefficient (Wildman–Crippen LogP) is 2.33. The second-order valence-corrected chi connectivity index (χ2v) is 7.27. The molecule has 2 fully saturated rings. The van der Waals surface area contributed by atoms with Crippen LogP contribution in [0.4, 0.5) is 8.78 Å². The van der Waals surface area contributed by atoms with E-state index >= 15 is 0 Å². The van der Waals surface area contributed by atoms with Gasteiger partial charge in [0.1, 0.15) is 17.7 Å². The molecule has 7 heteroatoms. The van der Waals surface area contributed by atoms with Crippen LogP contribution in [-0.4, -0.2) is 40.9 Å². The van der Waals surface area contributed by atoms with Crippen LogP contribution in [0.5, 0.6) is 0 Å². The lowest BCUT2D eigenvalue weighted by Gasteiger charge is -2.31. The van der Waals surface area contributed by atoms with E-state index in [1.807, 2.05) is 0 Å². The van der Waals surface area contributed by atoms with Crippen LogP contribution in [0.3, 0.4) is 0 Å². The average Bonchev–Trinajstić information content (AvgIpc) is 2.93. The standard InChI is InChI=1S/C17H20F2N2O2S/c18-13-6-11(7-14(19)8-13)4-5-20-16(22)15-9-24-10-21(15)17(23)12-2-1-3-12/h6-8,12,15H,1-5,9-10H2,(H,20,22). The SMILES string of the molecule is O=C(NCCc1cc(F)cc(F)c1)C1CSCN1C(=O)C1CCC1. The zero-order valence-electron chi connectivity index (χ0n) is 13.3. The first-order valence-corrected chi connectivity index (χ1v) is 9.31. The van der Waals surface area contributed by atoms with Crippen molar-refractivity contribution in [2.75, 3.05) is 18.2 Å². The van der Waals surface area contributed by atoms with Gasteiger partial charge in [-0.25, -0.2) is 8.78 Å². The molecule has 1 saturated carbocycles. The van der Waals surface area contributed by atoms with E-state index in [1.54, 1.807) is 16.7 Å². The van der Waals surface area contributed by atoms with E-state index in [0.717, 1.165) is 25.3 Å². The van der Waals surface area contributed by atoms with Gasteiger partial charge in [0.15, 0.2) is 0 Å². The Bertz CT molecular complexity index is 617. The average molecular weight is 354 g/mol. The maximum absolute atomic E-state index is 13.1. The number of hydrogen-bond donors (Lipinski definition) is 1. The van der Waals surface area contributed by atoms with Gasteiger partial charge in [0, 0.05) is 24.3 Å². The zero-order valence-corrected chi connectivity index (χ0v) is 14.1. The molecule has 1 aromatic carbocycles. The van der Waals surface area contributed by atoms with E-state index in [2.05, 4.69) is 5.32 Å². The molecule has 2 amide bonds. The molecule has 1 aliphatic heterocycles. The minimum atomic E-state index is -0.624. The fourth-order valence-corrected chi connectivity index (χ4v) is 4.13. The minimum Gasteiger partial charge on any atom is -0.354 e. The highest BCUT2D eigenvalue weighted by Gasteiger charge is 2.38. The van der Waals surface area contributed by atoms with Gasteiger partial charge in [0.05, 0.1) is 5.88 Å². The molecule has 3 rings (SSSR count). The Morgan fingerprint density at radius 1 is 1.21 bits per heavy atom. The van der Waals surface area contributed by atoms with Crippen LogP contribution in [0.1, 0.15) is 24.8 Å². The number of amides is 2. The molecule has 1 saturated heterocycles. The second kappa shape index (κ2) is 7.51. The van der Waals surface area contributed by atoms with Crippen molar-refractivity contribution in [3.8, 4) is 0 Å². The number of rotatable bonds is 5. The maximum atomic E-state index is 13.1. The van der Waals surface area contributed by atoms with E-state index in [-0.39, 0.29) is 24.3 Å². The molecule has 1 heterocycles. The summed E-state index contributed by atoms with van der Waals surface area (Å²) in [4.78, 5) is 26.4. The summed E-state index contributed by atoms with van der Waals surface area (Å²) in [6.07, 6.45) is 3.26. The first kappa shape index (κ1) is 17.2. The Morgan fingerprint density at radius 3 is 2.54 bits per heavy atom. The Morgan fingerprint density at radius 2 is 1.92 bits per heavy atom. The van der Waals surface area contributed by atoms with Gasteiger partial charge in [-0.05, 0) is 37.0 Å². The topological polar surface area (TPSA) is 49.4 Å². The van der Waals surface area contributed by atoms with Gasteiger partial charge in [-0.3, -0.25) is 9.59 Å². The quantitative estimate of drug-likeness (QED) is 0.883. The molecule has 24 heavy (non-hydrogen) atoms. The van der Waals surface area contributed by atoms with Gasteiger partial charge in [-0.2, -0.15) is 0 Å². The first-order chi connectivity index (χ1) is 11.5. The first-order valence-electron chi connectivity index (χ1n) is 8.15. The van der Waals surface area contributed by atoms with Gasteiger partial charge in [0.25, 0.3) is 0 Å². The highest BCUT2D eigenvalue weighted by atomic mass is 32.2. The molecule has 0 radical (unpaired) electrons. The summed E-state index contributed by atoms with van der Waals surface area (Å²) < 4.78 is 26.3. The molecule has 1 aliphatic carbocycles. The monoisotopic (exact) mass is 354 g/mol. The lowest BCUT2D eigenvalue weighted by molar-refractivity contribution is -0.143. The molecule has 130 valence electrons. The van der Waals surface area contributed by atoms with Crippen LogP contribution in [-0.2, 0) is 16.0 Å². The van der Waals surface area contributed by atoms with Crippen molar-refractivity contribution in [2.45, 2.75) is 31.7 Å². The zero-order chi connectivity index (χ0) is 17.1. The number of halogens is 2. The second-order valence-electron chi connectivity index (χ2n) is 6.27. The van der Waals surface area contributed by atoms with Crippen LogP contribution in [0.2, 0.25) is 0 Å². The van der Waals surface area contributed by atoms with E-state index in [0.29, 0.717) is 23.6 Å². The number of carbonyl (C=O) groups is 2. The van der Waals surface area contributed by atoms with Crippen molar-refractivity contribution < 1.29 is 18.4 Å². The Labute approximate surface area is 144 Å². The molecule has 0 aromatic heterocycles. The molecule has 1 unspecified atom stereocenters. The Hall–Kier alpha value is -1.63. The molecule has 1 N–H and O–H groups in total. The summed E-state index contributed by atoms with van der Waals surface area (Å²) in [5, 5.41) is 2.78. The Kier molecular flexibility index (Phi) is 5.38. The van der Waals surface area contributed by atoms with E-state index in [9.17, 15) is 18.4 Å². The van der Waals surface area contributed by atoms with E-state index in [4.69, 9.17) is 0 Å². The predicted molar refractivity (Wildman–Crippen MR) is 88.4 cm³/mol. The van der Waals surface area contributed by atoms with E-state index in [1.165, 1.54) is 12.1 Å². The van der Waals surface area contributed by atoms with Crippen molar-refractivity contribution in [2.24, 2.45) is 5.92 Å². The summed E-state index contributed by atoms with van der Waals surface area (Å²) in [5.74, 6) is -0.125. The molecule has 1 aromatic rings. The van der Waals surface area contributed by atoms with Gasteiger partial charge in [-0.1, -0.05) is 6.42 Å². The van der Waals surface area contributed by atoms with Crippen LogP contribution >= 0.6 is 11.8 Å². The van der Waals surface area contributed by atoms with Crippen molar-refractivity contribution >= 4 is 23.6 Å². The smallest absolute Gasteiger partial charge is 0.243 e. The van der Waals surface area contributed by atoms with Crippen LogP contribution in [0.25, 0.3) is 0 Å². The molecular weight excluding hydrogens is 334 g/mol. The molecular formula is C17H20F2N2O2S. The minimum absolute atomic E-state index is 0.0780. The molecule has 1 atom stereocenters. The van der Waals surface area contributed by atoms with Crippen LogP contribution < -0.4 is 5.32 Å². The maximum Gasteiger partial charge on any atom is 0.243 e. The van der Waals surface area contributed by atoms with Gasteiger partial charge < -0.3 is 10.2 Å². The lowest BCUT2D eigenvalue weighted by atomic mass is 9.84. The number of nitrogens with zero attached hydrogens (tertiary/aromatic N) is 1. The molecule has 4 nitrogen and oxygen atoms in total. The van der Waals surface area contributed by atoms with Crippen molar-refractivity contribution in [1.82, 2.24) is 10.2 Å². The Balaban J connectivity index is 1.51. The largest absolute Gasteiger partial charge is 0.354 e. The summed E-state index contributed by atoms with van der Waals surface area (Å²) in [6.45, 7) is 0.286. The highest BCUT2D eigenvalue weighted by molar-refractivity contribution is 7.99. The van der Waals surface area contributed by atoms with E-state index < -0.39 is 17.7 Å². The van der Waals surface area contributed by atoms with Crippen molar-refractivity contribution in [1.29, 1.82) is 0 Å². The van der Waals surface area contributed by atoms with Gasteiger partial charge >= 0.3 is 0 Å². The van der Waals surface area contributed by atoms with Gasteiger partial charge in [-0.15, -0.1) is 11.8 Å². The van der Waals surface area contributed by atoms with Crippen LogP contribution in [0.15, 0.2) is 18.2 Å². The number of benzene rings is 1. The third kappa shape index (κ3) is 3.88. The summed E-state index contributed by atoms with van der Waals surface area (Å²) in [7, 11) is 0. The number of carbonyl (C=O) groups excluding carboxylic acids is 2. The normalized spacial score (nSPS) is 20.8. The third-order valence-electron chi connectivity index (χ3n) is 4.56. The fraction of sp³-hybridized carbons (Fsp3) is 0.529. The number of hydrogen-bond acceptors (Lipinski definition) is 3. The van der Waals surface area contributed by atoms with Crippen LogP contribution in [0, 0.1) is 17.6 Å². The molecule has 2 aliphatic rings. The van der Waals surface area contributed by atoms with Gasteiger partial charge in [0.2, 0.25) is 11.8 Å². The molecule has 0 bridgehead atoms. The summed E-state index contributed by atoms with van der Waals surface area (Å²) >= 11 is 1.58.